The van der Waals surface area contributed by atoms with Crippen LogP contribution < -0.4 is 5.73 Å². The first-order valence-corrected chi connectivity index (χ1v) is 7.02. The Morgan fingerprint density at radius 3 is 2.69 bits per heavy atom. The molecule has 90 valence electrons. The maximum absolute atomic E-state index is 6.28. The van der Waals surface area contributed by atoms with E-state index in [0.717, 1.165) is 38.9 Å². The number of hydrogen-bond donors (Lipinski definition) is 1. The first-order valence-electron chi connectivity index (χ1n) is 6.20. The van der Waals surface area contributed by atoms with E-state index in [4.69, 9.17) is 10.5 Å². The minimum atomic E-state index is 0.312. The first kappa shape index (κ1) is 12.1. The molecule has 0 bridgehead atoms. The van der Waals surface area contributed by atoms with Crippen LogP contribution in [0.4, 0.5) is 0 Å². The zero-order chi connectivity index (χ0) is 11.4. The van der Waals surface area contributed by atoms with Gasteiger partial charge in [-0.2, -0.15) is 0 Å². The van der Waals surface area contributed by atoms with Crippen LogP contribution in [0.2, 0.25) is 0 Å². The van der Waals surface area contributed by atoms with Gasteiger partial charge in [0.15, 0.2) is 0 Å². The van der Waals surface area contributed by atoms with Gasteiger partial charge in [0.05, 0.1) is 0 Å². The van der Waals surface area contributed by atoms with Gasteiger partial charge < -0.3 is 10.5 Å². The third-order valence-electron chi connectivity index (χ3n) is 3.37. The van der Waals surface area contributed by atoms with Gasteiger partial charge in [-0.15, -0.1) is 11.3 Å². The summed E-state index contributed by atoms with van der Waals surface area (Å²) in [6.45, 7) is 3.99. The highest BCUT2D eigenvalue weighted by atomic mass is 32.1. The molecule has 0 saturated carbocycles. The highest BCUT2D eigenvalue weighted by Gasteiger charge is 2.21. The van der Waals surface area contributed by atoms with Crippen molar-refractivity contribution in [1.82, 2.24) is 0 Å². The number of rotatable bonds is 4. The van der Waals surface area contributed by atoms with Crippen LogP contribution in [0, 0.1) is 5.92 Å². The Balaban J connectivity index is 1.87. The summed E-state index contributed by atoms with van der Waals surface area (Å²) in [6, 6.07) is 4.78. The molecule has 1 aromatic heterocycles. The summed E-state index contributed by atoms with van der Waals surface area (Å²) < 4.78 is 5.37. The molecule has 2 rings (SSSR count). The fourth-order valence-corrected chi connectivity index (χ4v) is 3.29. The Kier molecular flexibility index (Phi) is 4.38. The molecule has 0 amide bonds. The van der Waals surface area contributed by atoms with Crippen LogP contribution in [-0.2, 0) is 17.6 Å². The zero-order valence-corrected chi connectivity index (χ0v) is 10.8. The molecule has 0 aliphatic carbocycles. The summed E-state index contributed by atoms with van der Waals surface area (Å²) in [4.78, 5) is 2.91. The van der Waals surface area contributed by atoms with E-state index in [2.05, 4.69) is 19.1 Å². The Labute approximate surface area is 102 Å². The van der Waals surface area contributed by atoms with Gasteiger partial charge in [0.1, 0.15) is 0 Å². The molecule has 1 aliphatic heterocycles. The molecule has 1 aliphatic rings. The predicted molar refractivity (Wildman–Crippen MR) is 68.9 cm³/mol. The number of ether oxygens (including phenoxy) is 1. The van der Waals surface area contributed by atoms with E-state index in [1.54, 1.807) is 0 Å². The van der Waals surface area contributed by atoms with Gasteiger partial charge in [-0.3, -0.25) is 0 Å². The summed E-state index contributed by atoms with van der Waals surface area (Å²) in [6.07, 6.45) is 4.44. The molecule has 0 spiro atoms. The third kappa shape index (κ3) is 3.06. The lowest BCUT2D eigenvalue weighted by Crippen LogP contribution is -2.35. The lowest BCUT2D eigenvalue weighted by Gasteiger charge is -2.27. The van der Waals surface area contributed by atoms with Gasteiger partial charge in [0.25, 0.3) is 0 Å². The SMILES string of the molecule is CCc1ccc(CC(N)C2CCOCC2)s1. The van der Waals surface area contributed by atoms with E-state index in [0.29, 0.717) is 12.0 Å². The van der Waals surface area contributed by atoms with Crippen molar-refractivity contribution in [2.24, 2.45) is 11.7 Å². The summed E-state index contributed by atoms with van der Waals surface area (Å²) in [5.41, 5.74) is 6.28. The summed E-state index contributed by atoms with van der Waals surface area (Å²) in [7, 11) is 0. The lowest BCUT2D eigenvalue weighted by atomic mass is 9.90. The number of nitrogens with two attached hydrogens (primary N) is 1. The maximum atomic E-state index is 6.28. The first-order chi connectivity index (χ1) is 7.79. The van der Waals surface area contributed by atoms with Gasteiger partial charge in [-0.1, -0.05) is 6.92 Å². The van der Waals surface area contributed by atoms with Crippen molar-refractivity contribution < 1.29 is 4.74 Å². The van der Waals surface area contributed by atoms with Crippen LogP contribution in [0.3, 0.4) is 0 Å². The van der Waals surface area contributed by atoms with Gasteiger partial charge in [0.2, 0.25) is 0 Å². The normalized spacial score (nSPS) is 19.9. The summed E-state index contributed by atoms with van der Waals surface area (Å²) in [5.74, 6) is 0.654. The van der Waals surface area contributed by atoms with Gasteiger partial charge in [-0.25, -0.2) is 0 Å². The molecule has 1 fully saturated rings. The topological polar surface area (TPSA) is 35.2 Å². The average Bonchev–Trinajstić information content (AvgIpc) is 2.78. The molecule has 0 aromatic carbocycles. The highest BCUT2D eigenvalue weighted by molar-refractivity contribution is 7.11. The van der Waals surface area contributed by atoms with Crippen molar-refractivity contribution in [2.45, 2.75) is 38.6 Å². The fourth-order valence-electron chi connectivity index (χ4n) is 2.26. The number of hydrogen-bond acceptors (Lipinski definition) is 3. The molecule has 0 radical (unpaired) electrons. The molecule has 1 aromatic rings. The van der Waals surface area contributed by atoms with E-state index >= 15 is 0 Å². The second kappa shape index (κ2) is 5.80. The minimum Gasteiger partial charge on any atom is -0.381 e. The maximum Gasteiger partial charge on any atom is 0.0469 e. The van der Waals surface area contributed by atoms with Crippen LogP contribution >= 0.6 is 11.3 Å². The quantitative estimate of drug-likeness (QED) is 0.876. The van der Waals surface area contributed by atoms with Crippen LogP contribution in [0.25, 0.3) is 0 Å². The molecule has 1 unspecified atom stereocenters. The minimum absolute atomic E-state index is 0.312. The highest BCUT2D eigenvalue weighted by Crippen LogP contribution is 2.23. The van der Waals surface area contributed by atoms with Crippen molar-refractivity contribution in [3.05, 3.63) is 21.9 Å². The van der Waals surface area contributed by atoms with E-state index < -0.39 is 0 Å². The van der Waals surface area contributed by atoms with Crippen molar-refractivity contribution in [2.75, 3.05) is 13.2 Å². The van der Waals surface area contributed by atoms with E-state index in [1.807, 2.05) is 11.3 Å². The summed E-state index contributed by atoms with van der Waals surface area (Å²) >= 11 is 1.91. The Hall–Kier alpha value is -0.380. The van der Waals surface area contributed by atoms with Crippen molar-refractivity contribution in [1.29, 1.82) is 0 Å². The van der Waals surface area contributed by atoms with Crippen LogP contribution in [0.1, 0.15) is 29.5 Å². The third-order valence-corrected chi connectivity index (χ3v) is 4.63. The van der Waals surface area contributed by atoms with Gasteiger partial charge in [-0.05, 0) is 43.7 Å². The monoisotopic (exact) mass is 239 g/mol. The molecule has 1 atom stereocenters. The lowest BCUT2D eigenvalue weighted by molar-refractivity contribution is 0.0585. The van der Waals surface area contributed by atoms with E-state index in [-0.39, 0.29) is 0 Å². The molecule has 2 heterocycles. The molecule has 2 nitrogen and oxygen atoms in total. The van der Waals surface area contributed by atoms with E-state index in [1.165, 1.54) is 9.75 Å². The van der Waals surface area contributed by atoms with Crippen LogP contribution in [0.5, 0.6) is 0 Å². The van der Waals surface area contributed by atoms with Crippen molar-refractivity contribution >= 4 is 11.3 Å². The number of thiophene rings is 1. The smallest absolute Gasteiger partial charge is 0.0469 e. The van der Waals surface area contributed by atoms with Crippen LogP contribution in [-0.4, -0.2) is 19.3 Å². The zero-order valence-electron chi connectivity index (χ0n) is 9.95. The Morgan fingerprint density at radius 2 is 2.06 bits per heavy atom. The van der Waals surface area contributed by atoms with Gasteiger partial charge >= 0.3 is 0 Å². The molecule has 1 saturated heterocycles. The fraction of sp³-hybridized carbons (Fsp3) is 0.692. The largest absolute Gasteiger partial charge is 0.381 e. The standard InChI is InChI=1S/C13H21NOS/c1-2-11-3-4-12(16-11)9-13(14)10-5-7-15-8-6-10/h3-4,10,13H,2,5-9,14H2,1H3. The van der Waals surface area contributed by atoms with Crippen molar-refractivity contribution in [3.63, 3.8) is 0 Å². The summed E-state index contributed by atoms with van der Waals surface area (Å²) in [5, 5.41) is 0. The molecule has 2 N–H and O–H groups in total. The second-order valence-corrected chi connectivity index (χ2v) is 5.79. The Morgan fingerprint density at radius 1 is 1.38 bits per heavy atom. The number of aryl methyl sites for hydroxylation is 1. The average molecular weight is 239 g/mol. The second-order valence-electron chi connectivity index (χ2n) is 4.54. The Bertz CT molecular complexity index is 317. The van der Waals surface area contributed by atoms with Crippen LogP contribution in [0.15, 0.2) is 12.1 Å². The molecular formula is C13H21NOS. The molecular weight excluding hydrogens is 218 g/mol. The van der Waals surface area contributed by atoms with Gasteiger partial charge in [0, 0.05) is 29.0 Å². The predicted octanol–water partition coefficient (Wildman–Crippen LogP) is 2.61. The van der Waals surface area contributed by atoms with Crippen molar-refractivity contribution in [3.8, 4) is 0 Å². The molecule has 16 heavy (non-hydrogen) atoms. The molecule has 3 heteroatoms. The van der Waals surface area contributed by atoms with E-state index in [9.17, 15) is 0 Å².